The van der Waals surface area contributed by atoms with Crippen LogP contribution in [-0.4, -0.2) is 52.6 Å². The fourth-order valence-electron chi connectivity index (χ4n) is 3.32. The molecular formula is C25H24Cl2N4O6S. The number of hydrogen-bond donors (Lipinski definition) is 1. The molecule has 0 aliphatic heterocycles. The first kappa shape index (κ1) is 29.0. The highest BCUT2D eigenvalue weighted by Gasteiger charge is 2.21. The summed E-state index contributed by atoms with van der Waals surface area (Å²) < 4.78 is 17.2. The number of nitrogens with zero attached hydrogens (tertiary/aromatic N) is 3. The number of thioether (sulfide) groups is 1. The van der Waals surface area contributed by atoms with E-state index < -0.39 is 23.9 Å². The van der Waals surface area contributed by atoms with E-state index in [1.54, 1.807) is 35.8 Å². The minimum atomic E-state index is -0.665. The SMILES string of the molecule is C=CCn1c(SCC(=O)Nc2cc(C(=O)OC)cc(C(=O)OC)c2)nnc1C(C)Oc1ccc(Cl)cc1Cl. The minimum Gasteiger partial charge on any atom is -0.481 e. The molecule has 200 valence electrons. The van der Waals surface area contributed by atoms with Crippen LogP contribution in [0.15, 0.2) is 54.2 Å². The highest BCUT2D eigenvalue weighted by atomic mass is 35.5. The molecule has 13 heteroatoms. The lowest BCUT2D eigenvalue weighted by atomic mass is 10.1. The van der Waals surface area contributed by atoms with E-state index >= 15 is 0 Å². The number of benzene rings is 2. The first-order chi connectivity index (χ1) is 18.2. The maximum Gasteiger partial charge on any atom is 0.337 e. The van der Waals surface area contributed by atoms with Gasteiger partial charge in [-0.2, -0.15) is 0 Å². The minimum absolute atomic E-state index is 0.0382. The van der Waals surface area contributed by atoms with Crippen LogP contribution in [0.1, 0.15) is 39.6 Å². The van der Waals surface area contributed by atoms with E-state index in [-0.39, 0.29) is 22.6 Å². The zero-order chi connectivity index (χ0) is 27.8. The van der Waals surface area contributed by atoms with E-state index in [1.165, 1.54) is 32.4 Å². The number of anilines is 1. The Bertz CT molecular complexity index is 1330. The lowest BCUT2D eigenvalue weighted by Gasteiger charge is -2.16. The topological polar surface area (TPSA) is 122 Å². The van der Waals surface area contributed by atoms with Crippen molar-refractivity contribution in [3.63, 3.8) is 0 Å². The predicted molar refractivity (Wildman–Crippen MR) is 144 cm³/mol. The number of carbonyl (C=O) groups excluding carboxylic acids is 3. The Morgan fingerprint density at radius 2 is 1.74 bits per heavy atom. The standard InChI is InChI=1S/C25H24Cl2N4O6S/c1-5-8-31-22(14(2)37-20-7-6-17(26)12-19(20)27)29-30-25(31)38-13-21(32)28-18-10-15(23(33)35-3)9-16(11-18)24(34)36-4/h5-7,9-12,14H,1,8,13H2,2-4H3,(H,28,32). The van der Waals surface area contributed by atoms with Gasteiger partial charge in [-0.15, -0.1) is 16.8 Å². The maximum atomic E-state index is 12.7. The number of allylic oxidation sites excluding steroid dienone is 1. The highest BCUT2D eigenvalue weighted by Crippen LogP contribution is 2.32. The van der Waals surface area contributed by atoms with E-state index in [1.807, 2.05) is 0 Å². The lowest BCUT2D eigenvalue weighted by Crippen LogP contribution is -2.17. The molecule has 1 heterocycles. The molecule has 1 unspecified atom stereocenters. The fraction of sp³-hybridized carbons (Fsp3) is 0.240. The van der Waals surface area contributed by atoms with Gasteiger partial charge in [0.15, 0.2) is 17.1 Å². The number of amides is 1. The summed E-state index contributed by atoms with van der Waals surface area (Å²) in [5.41, 5.74) is 0.404. The summed E-state index contributed by atoms with van der Waals surface area (Å²) in [6.45, 7) is 5.95. The van der Waals surface area contributed by atoms with Gasteiger partial charge in [0.05, 0.1) is 36.1 Å². The molecule has 0 radical (unpaired) electrons. The Morgan fingerprint density at radius 1 is 1.08 bits per heavy atom. The number of aromatic nitrogens is 3. The molecule has 38 heavy (non-hydrogen) atoms. The summed E-state index contributed by atoms with van der Waals surface area (Å²) >= 11 is 13.3. The summed E-state index contributed by atoms with van der Waals surface area (Å²) in [6.07, 6.45) is 1.15. The van der Waals surface area contributed by atoms with Gasteiger partial charge < -0.3 is 19.5 Å². The van der Waals surface area contributed by atoms with E-state index in [4.69, 9.17) is 37.4 Å². The molecule has 3 rings (SSSR count). The Balaban J connectivity index is 1.73. The molecule has 0 spiro atoms. The van der Waals surface area contributed by atoms with Crippen molar-refractivity contribution in [1.82, 2.24) is 14.8 Å². The molecule has 0 aliphatic carbocycles. The van der Waals surface area contributed by atoms with Crippen molar-refractivity contribution in [3.8, 4) is 5.75 Å². The molecule has 0 bridgehead atoms. The average molecular weight is 579 g/mol. The van der Waals surface area contributed by atoms with Crippen molar-refractivity contribution in [1.29, 1.82) is 0 Å². The third-order valence-electron chi connectivity index (χ3n) is 5.01. The quantitative estimate of drug-likeness (QED) is 0.185. The van der Waals surface area contributed by atoms with Gasteiger partial charge >= 0.3 is 11.9 Å². The molecule has 3 aromatic rings. The zero-order valence-corrected chi connectivity index (χ0v) is 23.0. The predicted octanol–water partition coefficient (Wildman–Crippen LogP) is 5.21. The Kier molecular flexibility index (Phi) is 10.2. The van der Waals surface area contributed by atoms with Crippen LogP contribution < -0.4 is 10.1 Å². The number of rotatable bonds is 11. The first-order valence-electron chi connectivity index (χ1n) is 11.1. The van der Waals surface area contributed by atoms with Crippen molar-refractivity contribution in [2.75, 3.05) is 25.3 Å². The second-order valence-corrected chi connectivity index (χ2v) is 9.48. The van der Waals surface area contributed by atoms with Crippen LogP contribution >= 0.6 is 35.0 Å². The van der Waals surface area contributed by atoms with E-state index in [0.29, 0.717) is 33.3 Å². The number of hydrogen-bond acceptors (Lipinski definition) is 9. The van der Waals surface area contributed by atoms with Crippen LogP contribution in [0.5, 0.6) is 5.75 Å². The Hall–Kier alpha value is -3.54. The van der Waals surface area contributed by atoms with Gasteiger partial charge in [-0.25, -0.2) is 9.59 Å². The van der Waals surface area contributed by atoms with Crippen molar-refractivity contribution in [3.05, 3.63) is 76.0 Å². The van der Waals surface area contributed by atoms with E-state index in [2.05, 4.69) is 22.1 Å². The second-order valence-electron chi connectivity index (χ2n) is 7.69. The zero-order valence-electron chi connectivity index (χ0n) is 20.7. The van der Waals surface area contributed by atoms with Crippen LogP contribution in [-0.2, 0) is 20.8 Å². The third kappa shape index (κ3) is 7.27. The molecule has 0 fully saturated rings. The van der Waals surface area contributed by atoms with Crippen LogP contribution in [0.2, 0.25) is 10.0 Å². The van der Waals surface area contributed by atoms with Crippen LogP contribution in [0, 0.1) is 0 Å². The monoisotopic (exact) mass is 578 g/mol. The normalized spacial score (nSPS) is 11.4. The molecular weight excluding hydrogens is 555 g/mol. The second kappa shape index (κ2) is 13.3. The summed E-state index contributed by atoms with van der Waals surface area (Å²) in [7, 11) is 2.43. The Labute approximate surface area is 233 Å². The summed E-state index contributed by atoms with van der Waals surface area (Å²) in [4.78, 5) is 36.7. The van der Waals surface area contributed by atoms with Crippen LogP contribution in [0.4, 0.5) is 5.69 Å². The number of halogens is 2. The van der Waals surface area contributed by atoms with Crippen molar-refractivity contribution >= 4 is 58.5 Å². The van der Waals surface area contributed by atoms with Gasteiger partial charge in [-0.1, -0.05) is 41.0 Å². The first-order valence-corrected chi connectivity index (χ1v) is 12.8. The van der Waals surface area contributed by atoms with Crippen molar-refractivity contribution < 1.29 is 28.6 Å². The highest BCUT2D eigenvalue weighted by molar-refractivity contribution is 7.99. The number of nitrogens with one attached hydrogen (secondary N) is 1. The van der Waals surface area contributed by atoms with Gasteiger partial charge in [0.25, 0.3) is 0 Å². The van der Waals surface area contributed by atoms with E-state index in [0.717, 1.165) is 11.8 Å². The maximum absolute atomic E-state index is 12.7. The third-order valence-corrected chi connectivity index (χ3v) is 6.51. The summed E-state index contributed by atoms with van der Waals surface area (Å²) in [5.74, 6) is -0.828. The van der Waals surface area contributed by atoms with E-state index in [9.17, 15) is 14.4 Å². The lowest BCUT2D eigenvalue weighted by molar-refractivity contribution is -0.113. The number of ether oxygens (including phenoxy) is 3. The summed E-state index contributed by atoms with van der Waals surface area (Å²) in [6, 6.07) is 9.03. The molecule has 0 saturated carbocycles. The fourth-order valence-corrected chi connectivity index (χ4v) is 4.53. The average Bonchev–Trinajstić information content (AvgIpc) is 3.30. The number of esters is 2. The van der Waals surface area contributed by atoms with Gasteiger partial charge in [0.2, 0.25) is 5.91 Å². The van der Waals surface area contributed by atoms with Gasteiger partial charge in [0.1, 0.15) is 5.75 Å². The van der Waals surface area contributed by atoms with Gasteiger partial charge in [-0.3, -0.25) is 9.36 Å². The number of carbonyl (C=O) groups is 3. The van der Waals surface area contributed by atoms with Gasteiger partial charge in [-0.05, 0) is 43.3 Å². The smallest absolute Gasteiger partial charge is 0.337 e. The molecule has 1 atom stereocenters. The molecule has 0 saturated heterocycles. The molecule has 1 N–H and O–H groups in total. The molecule has 1 aromatic heterocycles. The molecule has 10 nitrogen and oxygen atoms in total. The number of methoxy groups -OCH3 is 2. The summed E-state index contributed by atoms with van der Waals surface area (Å²) in [5, 5.41) is 12.4. The van der Waals surface area contributed by atoms with Crippen LogP contribution in [0.3, 0.4) is 0 Å². The van der Waals surface area contributed by atoms with Gasteiger partial charge in [0, 0.05) is 17.3 Å². The molecule has 0 aliphatic rings. The Morgan fingerprint density at radius 3 is 2.32 bits per heavy atom. The molecule has 2 aromatic carbocycles. The molecule has 1 amide bonds. The van der Waals surface area contributed by atoms with Crippen molar-refractivity contribution in [2.24, 2.45) is 0 Å². The largest absolute Gasteiger partial charge is 0.481 e. The van der Waals surface area contributed by atoms with Crippen molar-refractivity contribution in [2.45, 2.75) is 24.7 Å². The van der Waals surface area contributed by atoms with Crippen LogP contribution in [0.25, 0.3) is 0 Å².